The van der Waals surface area contributed by atoms with E-state index >= 15 is 0 Å². The highest BCUT2D eigenvalue weighted by molar-refractivity contribution is 5.78. The molecule has 1 N–H and O–H groups in total. The zero-order chi connectivity index (χ0) is 20.5. The number of nitrogens with one attached hydrogen (secondary N) is 1. The lowest BCUT2D eigenvalue weighted by Crippen LogP contribution is -2.61. The molecule has 5 atom stereocenters. The lowest BCUT2D eigenvalue weighted by molar-refractivity contribution is -0.155. The second-order valence-corrected chi connectivity index (χ2v) is 9.06. The highest BCUT2D eigenvalue weighted by Crippen LogP contribution is 2.49. The van der Waals surface area contributed by atoms with Crippen LogP contribution < -0.4 is 14.8 Å². The molecule has 2 fully saturated rings. The van der Waals surface area contributed by atoms with E-state index in [1.54, 1.807) is 14.2 Å². The average molecular weight is 390 g/mol. The van der Waals surface area contributed by atoms with Crippen molar-refractivity contribution in [3.05, 3.63) is 23.8 Å². The fourth-order valence-corrected chi connectivity index (χ4v) is 4.84. The van der Waals surface area contributed by atoms with Gasteiger partial charge < -0.3 is 19.5 Å². The van der Waals surface area contributed by atoms with Crippen molar-refractivity contribution >= 4 is 5.91 Å². The van der Waals surface area contributed by atoms with Crippen LogP contribution in [0.5, 0.6) is 11.5 Å². The predicted molar refractivity (Wildman–Crippen MR) is 110 cm³/mol. The van der Waals surface area contributed by atoms with Gasteiger partial charge in [0.2, 0.25) is 5.91 Å². The number of carbonyl (C=O) groups excluding carboxylic acids is 1. The van der Waals surface area contributed by atoms with E-state index in [0.717, 1.165) is 36.3 Å². The van der Waals surface area contributed by atoms with Crippen molar-refractivity contribution in [3.8, 4) is 11.5 Å². The lowest BCUT2D eigenvalue weighted by Gasteiger charge is -2.52. The van der Waals surface area contributed by atoms with Crippen molar-refractivity contribution in [2.75, 3.05) is 14.2 Å². The summed E-state index contributed by atoms with van der Waals surface area (Å²) in [6, 6.07) is 5.87. The first-order valence-corrected chi connectivity index (χ1v) is 10.5. The van der Waals surface area contributed by atoms with Crippen LogP contribution in [-0.2, 0) is 9.53 Å². The Balaban J connectivity index is 1.94. The third kappa shape index (κ3) is 4.14. The van der Waals surface area contributed by atoms with E-state index in [1.165, 1.54) is 6.42 Å². The molecular formula is C23H35NO4. The maximum absolute atomic E-state index is 12.6. The molecule has 2 aliphatic rings. The minimum absolute atomic E-state index is 0.0328. The first kappa shape index (κ1) is 21.0. The Hall–Kier alpha value is -1.75. The van der Waals surface area contributed by atoms with Crippen LogP contribution in [0.2, 0.25) is 0 Å². The molecule has 1 aliphatic carbocycles. The van der Waals surface area contributed by atoms with Crippen LogP contribution >= 0.6 is 0 Å². The van der Waals surface area contributed by atoms with Crippen molar-refractivity contribution in [1.29, 1.82) is 0 Å². The number of amides is 1. The summed E-state index contributed by atoms with van der Waals surface area (Å²) in [7, 11) is 3.32. The van der Waals surface area contributed by atoms with Gasteiger partial charge >= 0.3 is 0 Å². The zero-order valence-electron chi connectivity index (χ0n) is 18.1. The monoisotopic (exact) mass is 389 g/mol. The number of hydrogen-bond donors (Lipinski definition) is 1. The van der Waals surface area contributed by atoms with E-state index in [4.69, 9.17) is 14.2 Å². The fraction of sp³-hybridized carbons (Fsp3) is 0.696. The van der Waals surface area contributed by atoms with Gasteiger partial charge in [-0.1, -0.05) is 27.2 Å². The van der Waals surface area contributed by atoms with Crippen LogP contribution in [0.25, 0.3) is 0 Å². The number of hydrogen-bond acceptors (Lipinski definition) is 4. The van der Waals surface area contributed by atoms with Gasteiger partial charge in [-0.15, -0.1) is 0 Å². The largest absolute Gasteiger partial charge is 0.497 e. The number of carbonyl (C=O) groups is 1. The van der Waals surface area contributed by atoms with E-state index in [9.17, 15) is 4.79 Å². The summed E-state index contributed by atoms with van der Waals surface area (Å²) in [6.07, 6.45) is 4.08. The van der Waals surface area contributed by atoms with Crippen LogP contribution in [0.4, 0.5) is 0 Å². The molecule has 0 unspecified atom stereocenters. The first-order chi connectivity index (χ1) is 13.3. The molecule has 1 aliphatic heterocycles. The molecule has 1 aromatic rings. The second-order valence-electron chi connectivity index (χ2n) is 9.06. The summed E-state index contributed by atoms with van der Waals surface area (Å²) in [4.78, 5) is 12.6. The molecule has 156 valence electrons. The van der Waals surface area contributed by atoms with E-state index in [-0.39, 0.29) is 29.6 Å². The molecule has 5 heteroatoms. The molecule has 5 nitrogen and oxygen atoms in total. The van der Waals surface area contributed by atoms with Crippen LogP contribution in [0.1, 0.15) is 65.0 Å². The van der Waals surface area contributed by atoms with Gasteiger partial charge in [0.15, 0.2) is 0 Å². The Morgan fingerprint density at radius 1 is 1.25 bits per heavy atom. The van der Waals surface area contributed by atoms with Crippen molar-refractivity contribution in [3.63, 3.8) is 0 Å². The summed E-state index contributed by atoms with van der Waals surface area (Å²) in [5.41, 5.74) is 0.727. The normalized spacial score (nSPS) is 32.5. The summed E-state index contributed by atoms with van der Waals surface area (Å²) in [6.45, 7) is 8.39. The first-order valence-electron chi connectivity index (χ1n) is 10.5. The van der Waals surface area contributed by atoms with Gasteiger partial charge in [0, 0.05) is 35.4 Å². The van der Waals surface area contributed by atoms with Gasteiger partial charge in [0.25, 0.3) is 0 Å². The molecule has 1 amide bonds. The summed E-state index contributed by atoms with van der Waals surface area (Å²) in [5.74, 6) is 2.59. The number of fused-ring (bicyclic) bond motifs is 1. The van der Waals surface area contributed by atoms with Gasteiger partial charge in [-0.05, 0) is 37.8 Å². The quantitative estimate of drug-likeness (QED) is 0.805. The Kier molecular flexibility index (Phi) is 6.23. The molecule has 0 radical (unpaired) electrons. The fourth-order valence-electron chi connectivity index (χ4n) is 4.84. The number of methoxy groups -OCH3 is 2. The maximum Gasteiger partial charge on any atom is 0.222 e. The van der Waals surface area contributed by atoms with Crippen LogP contribution in [0.15, 0.2) is 18.2 Å². The van der Waals surface area contributed by atoms with Crippen molar-refractivity contribution in [2.45, 2.75) is 71.1 Å². The van der Waals surface area contributed by atoms with Gasteiger partial charge in [-0.25, -0.2) is 0 Å². The van der Waals surface area contributed by atoms with Gasteiger partial charge in [0.05, 0.1) is 26.4 Å². The Labute approximate surface area is 169 Å². The van der Waals surface area contributed by atoms with E-state index in [2.05, 4.69) is 19.2 Å². The van der Waals surface area contributed by atoms with Crippen LogP contribution in [0, 0.1) is 17.8 Å². The standard InChI is InChI=1S/C23H35NO4/c1-14(2)22(25)24-23(4)13-21(28-20-11-15(3)7-10-18(20)23)17-9-8-16(26-5)12-19(17)27-6/h8-9,12,14-15,18,20-21H,7,10-11,13H2,1-6H3,(H,24,25)/t15-,18-,20-,21-,23+/m1/s1. The van der Waals surface area contributed by atoms with E-state index in [1.807, 2.05) is 32.0 Å². The summed E-state index contributed by atoms with van der Waals surface area (Å²) < 4.78 is 17.6. The SMILES string of the molecule is COc1ccc([C@H]2C[C@](C)(NC(=O)C(C)C)[C@@H]3CC[C@@H](C)C[C@H]3O2)c(OC)c1. The Morgan fingerprint density at radius 2 is 2.00 bits per heavy atom. The molecule has 28 heavy (non-hydrogen) atoms. The van der Waals surface area contributed by atoms with Gasteiger partial charge in [0.1, 0.15) is 11.5 Å². The number of ether oxygens (including phenoxy) is 3. The third-order valence-corrected chi connectivity index (χ3v) is 6.54. The number of benzene rings is 1. The highest BCUT2D eigenvalue weighted by atomic mass is 16.5. The molecule has 1 saturated carbocycles. The molecule has 0 bridgehead atoms. The summed E-state index contributed by atoms with van der Waals surface area (Å²) in [5, 5.41) is 3.38. The van der Waals surface area contributed by atoms with Crippen LogP contribution in [0.3, 0.4) is 0 Å². The van der Waals surface area contributed by atoms with Gasteiger partial charge in [-0.2, -0.15) is 0 Å². The van der Waals surface area contributed by atoms with E-state index in [0.29, 0.717) is 11.8 Å². The van der Waals surface area contributed by atoms with E-state index < -0.39 is 0 Å². The van der Waals surface area contributed by atoms with Crippen LogP contribution in [-0.4, -0.2) is 31.8 Å². The number of rotatable bonds is 5. The molecule has 0 aromatic heterocycles. The predicted octanol–water partition coefficient (Wildman–Crippen LogP) is 4.50. The Morgan fingerprint density at radius 3 is 2.64 bits per heavy atom. The topological polar surface area (TPSA) is 56.8 Å². The van der Waals surface area contributed by atoms with Gasteiger partial charge in [-0.3, -0.25) is 4.79 Å². The third-order valence-electron chi connectivity index (χ3n) is 6.54. The Bertz CT molecular complexity index is 704. The molecule has 1 aromatic carbocycles. The van der Waals surface area contributed by atoms with Crippen molar-refractivity contribution in [2.24, 2.45) is 17.8 Å². The average Bonchev–Trinajstić information content (AvgIpc) is 2.66. The smallest absolute Gasteiger partial charge is 0.222 e. The molecular weight excluding hydrogens is 354 g/mol. The van der Waals surface area contributed by atoms with Crippen molar-refractivity contribution in [1.82, 2.24) is 5.32 Å². The van der Waals surface area contributed by atoms with Crippen molar-refractivity contribution < 1.29 is 19.0 Å². The summed E-state index contributed by atoms with van der Waals surface area (Å²) >= 11 is 0. The second kappa shape index (κ2) is 8.32. The maximum atomic E-state index is 12.6. The lowest BCUT2D eigenvalue weighted by atomic mass is 9.66. The zero-order valence-corrected chi connectivity index (χ0v) is 18.1. The minimum Gasteiger partial charge on any atom is -0.497 e. The minimum atomic E-state index is -0.292. The molecule has 3 rings (SSSR count). The highest BCUT2D eigenvalue weighted by Gasteiger charge is 2.50. The molecule has 1 saturated heterocycles. The molecule has 1 heterocycles. The molecule has 0 spiro atoms.